The Morgan fingerprint density at radius 2 is 1.90 bits per heavy atom. The molecule has 2 aromatic carbocycles. The summed E-state index contributed by atoms with van der Waals surface area (Å²) in [5, 5.41) is 4.13. The SMILES string of the molecule is CCCCOc1ccc(-c2noc(C3CC(=O)N(CCc4ccc(C)cc4)C3)n2)cc1. The summed E-state index contributed by atoms with van der Waals surface area (Å²) in [6.45, 7) is 6.27. The highest BCUT2D eigenvalue weighted by Crippen LogP contribution is 2.29. The second-order valence-corrected chi connectivity index (χ2v) is 8.16. The third-order valence-corrected chi connectivity index (χ3v) is 5.68. The summed E-state index contributed by atoms with van der Waals surface area (Å²) >= 11 is 0. The molecule has 2 heterocycles. The van der Waals surface area contributed by atoms with E-state index in [-0.39, 0.29) is 11.8 Å². The monoisotopic (exact) mass is 419 g/mol. The fraction of sp³-hybridized carbons (Fsp3) is 0.400. The Hall–Kier alpha value is -3.15. The lowest BCUT2D eigenvalue weighted by molar-refractivity contribution is -0.127. The van der Waals surface area contributed by atoms with Crippen LogP contribution >= 0.6 is 0 Å². The summed E-state index contributed by atoms with van der Waals surface area (Å²) in [6, 6.07) is 16.2. The van der Waals surface area contributed by atoms with Crippen LogP contribution in [0.3, 0.4) is 0 Å². The van der Waals surface area contributed by atoms with Crippen LogP contribution in [0, 0.1) is 6.92 Å². The molecule has 0 N–H and O–H groups in total. The van der Waals surface area contributed by atoms with E-state index in [4.69, 9.17) is 9.26 Å². The van der Waals surface area contributed by atoms with E-state index in [1.165, 1.54) is 11.1 Å². The van der Waals surface area contributed by atoms with Crippen molar-refractivity contribution >= 4 is 5.91 Å². The van der Waals surface area contributed by atoms with Crippen molar-refractivity contribution in [2.24, 2.45) is 0 Å². The number of nitrogens with zero attached hydrogens (tertiary/aromatic N) is 3. The predicted molar refractivity (Wildman–Crippen MR) is 119 cm³/mol. The van der Waals surface area contributed by atoms with E-state index in [1.807, 2.05) is 29.2 Å². The van der Waals surface area contributed by atoms with E-state index < -0.39 is 0 Å². The lowest BCUT2D eigenvalue weighted by atomic mass is 10.1. The van der Waals surface area contributed by atoms with Gasteiger partial charge in [0.25, 0.3) is 0 Å². The van der Waals surface area contributed by atoms with Gasteiger partial charge in [-0.1, -0.05) is 48.3 Å². The number of carbonyl (C=O) groups is 1. The molecule has 6 heteroatoms. The molecule has 1 unspecified atom stereocenters. The predicted octanol–water partition coefficient (Wildman–Crippen LogP) is 4.78. The molecule has 1 aliphatic rings. The fourth-order valence-corrected chi connectivity index (χ4v) is 3.73. The second kappa shape index (κ2) is 9.77. The second-order valence-electron chi connectivity index (χ2n) is 8.16. The first-order chi connectivity index (χ1) is 15.1. The minimum absolute atomic E-state index is 0.0524. The van der Waals surface area contributed by atoms with Crippen LogP contribution in [0.15, 0.2) is 53.1 Å². The highest BCUT2D eigenvalue weighted by Gasteiger charge is 2.34. The molecule has 4 rings (SSSR count). The van der Waals surface area contributed by atoms with Gasteiger partial charge in [0, 0.05) is 25.1 Å². The van der Waals surface area contributed by atoms with Gasteiger partial charge in [-0.25, -0.2) is 0 Å². The van der Waals surface area contributed by atoms with E-state index in [0.717, 1.165) is 37.2 Å². The molecular formula is C25H29N3O3. The fourth-order valence-electron chi connectivity index (χ4n) is 3.73. The topological polar surface area (TPSA) is 68.5 Å². The van der Waals surface area contributed by atoms with Gasteiger partial charge in [-0.3, -0.25) is 4.79 Å². The van der Waals surface area contributed by atoms with Crippen molar-refractivity contribution in [1.82, 2.24) is 15.0 Å². The number of hydrogen-bond donors (Lipinski definition) is 0. The van der Waals surface area contributed by atoms with Crippen molar-refractivity contribution in [2.75, 3.05) is 19.7 Å². The molecule has 1 amide bonds. The number of rotatable bonds is 9. The van der Waals surface area contributed by atoms with Gasteiger partial charge in [-0.05, 0) is 49.6 Å². The highest BCUT2D eigenvalue weighted by molar-refractivity contribution is 5.79. The van der Waals surface area contributed by atoms with Crippen molar-refractivity contribution in [2.45, 2.75) is 45.4 Å². The number of unbranched alkanes of at least 4 members (excludes halogenated alkanes) is 1. The van der Waals surface area contributed by atoms with E-state index in [9.17, 15) is 4.79 Å². The molecule has 162 valence electrons. The average Bonchev–Trinajstić information content (AvgIpc) is 3.41. The van der Waals surface area contributed by atoms with E-state index in [1.54, 1.807) is 0 Å². The first-order valence-corrected chi connectivity index (χ1v) is 11.0. The number of carbonyl (C=O) groups excluding carboxylic acids is 1. The first kappa shape index (κ1) is 21.1. The van der Waals surface area contributed by atoms with Crippen molar-refractivity contribution in [3.63, 3.8) is 0 Å². The zero-order valence-electron chi connectivity index (χ0n) is 18.2. The number of ether oxygens (including phenoxy) is 1. The Labute approximate surface area is 183 Å². The molecule has 0 spiro atoms. The summed E-state index contributed by atoms with van der Waals surface area (Å²) < 4.78 is 11.2. The summed E-state index contributed by atoms with van der Waals surface area (Å²) in [4.78, 5) is 18.9. The zero-order chi connectivity index (χ0) is 21.6. The van der Waals surface area contributed by atoms with Gasteiger partial charge in [0.1, 0.15) is 5.75 Å². The molecule has 1 aromatic heterocycles. The largest absolute Gasteiger partial charge is 0.494 e. The number of aromatic nitrogens is 2. The van der Waals surface area contributed by atoms with Gasteiger partial charge in [-0.15, -0.1) is 0 Å². The highest BCUT2D eigenvalue weighted by atomic mass is 16.5. The van der Waals surface area contributed by atoms with Crippen LogP contribution in [0.1, 0.15) is 49.1 Å². The number of benzene rings is 2. The van der Waals surface area contributed by atoms with Crippen LogP contribution in [-0.2, 0) is 11.2 Å². The number of amides is 1. The third kappa shape index (κ3) is 5.32. The van der Waals surface area contributed by atoms with Gasteiger partial charge in [0.2, 0.25) is 17.6 Å². The smallest absolute Gasteiger partial charge is 0.232 e. The molecule has 0 aliphatic carbocycles. The molecule has 31 heavy (non-hydrogen) atoms. The molecule has 3 aromatic rings. The third-order valence-electron chi connectivity index (χ3n) is 5.68. The molecule has 1 saturated heterocycles. The molecule has 1 fully saturated rings. The lowest BCUT2D eigenvalue weighted by Crippen LogP contribution is -2.27. The standard InChI is InChI=1S/C25H29N3O3/c1-3-4-15-30-22-11-9-20(10-12-22)24-26-25(31-27-24)21-16-23(29)28(17-21)14-13-19-7-5-18(2)6-8-19/h5-12,21H,3-4,13-17H2,1-2H3. The van der Waals surface area contributed by atoms with Gasteiger partial charge in [0.15, 0.2) is 0 Å². The van der Waals surface area contributed by atoms with Crippen LogP contribution in [0.5, 0.6) is 5.75 Å². The van der Waals surface area contributed by atoms with Gasteiger partial charge < -0.3 is 14.2 Å². The number of aryl methyl sites for hydroxylation is 1. The normalized spacial score (nSPS) is 16.1. The van der Waals surface area contributed by atoms with Gasteiger partial charge >= 0.3 is 0 Å². The summed E-state index contributed by atoms with van der Waals surface area (Å²) in [5.41, 5.74) is 3.36. The molecule has 6 nitrogen and oxygen atoms in total. The van der Waals surface area contributed by atoms with E-state index in [0.29, 0.717) is 31.2 Å². The van der Waals surface area contributed by atoms with E-state index in [2.05, 4.69) is 48.3 Å². The van der Waals surface area contributed by atoms with Crippen molar-refractivity contribution in [1.29, 1.82) is 0 Å². The van der Waals surface area contributed by atoms with Crippen LogP contribution in [0.25, 0.3) is 11.4 Å². The van der Waals surface area contributed by atoms with Crippen LogP contribution in [-0.4, -0.2) is 40.6 Å². The molecule has 0 bridgehead atoms. The van der Waals surface area contributed by atoms with Gasteiger partial charge in [-0.2, -0.15) is 4.98 Å². The molecule has 0 saturated carbocycles. The molecular weight excluding hydrogens is 390 g/mol. The summed E-state index contributed by atoms with van der Waals surface area (Å²) in [7, 11) is 0. The molecule has 1 aliphatic heterocycles. The van der Waals surface area contributed by atoms with Crippen LogP contribution < -0.4 is 4.74 Å². The Balaban J connectivity index is 1.34. The maximum Gasteiger partial charge on any atom is 0.232 e. The van der Waals surface area contributed by atoms with E-state index >= 15 is 0 Å². The maximum atomic E-state index is 12.5. The Bertz CT molecular complexity index is 996. The Kier molecular flexibility index (Phi) is 6.65. The van der Waals surface area contributed by atoms with Crippen LogP contribution in [0.4, 0.5) is 0 Å². The van der Waals surface area contributed by atoms with Crippen molar-refractivity contribution in [3.05, 3.63) is 65.5 Å². The van der Waals surface area contributed by atoms with Crippen molar-refractivity contribution in [3.8, 4) is 17.1 Å². The average molecular weight is 420 g/mol. The number of hydrogen-bond acceptors (Lipinski definition) is 5. The van der Waals surface area contributed by atoms with Crippen LogP contribution in [0.2, 0.25) is 0 Å². The van der Waals surface area contributed by atoms with Gasteiger partial charge in [0.05, 0.1) is 12.5 Å². The lowest BCUT2D eigenvalue weighted by Gasteiger charge is -2.15. The molecule has 0 radical (unpaired) electrons. The Morgan fingerprint density at radius 1 is 1.13 bits per heavy atom. The first-order valence-electron chi connectivity index (χ1n) is 11.0. The quantitative estimate of drug-likeness (QED) is 0.467. The maximum absolute atomic E-state index is 12.5. The summed E-state index contributed by atoms with van der Waals surface area (Å²) in [5.74, 6) is 2.01. The van der Waals surface area contributed by atoms with Crippen molar-refractivity contribution < 1.29 is 14.1 Å². The molecule has 1 atom stereocenters. The zero-order valence-corrected chi connectivity index (χ0v) is 18.2. The minimum Gasteiger partial charge on any atom is -0.494 e. The minimum atomic E-state index is -0.0524. The number of likely N-dealkylation sites (tertiary alicyclic amines) is 1. The Morgan fingerprint density at radius 3 is 2.65 bits per heavy atom. The summed E-state index contributed by atoms with van der Waals surface area (Å²) in [6.07, 6.45) is 3.41.